The number of rotatable bonds is 7. The molecule has 0 saturated heterocycles. The number of nitrogens with zero attached hydrogens (tertiary/aromatic N) is 1. The SMILES string of the molecule is CCNC(=NCC1(CS(C)(=O)=O)CC1)NCCC(F)(F)F.I. The summed E-state index contributed by atoms with van der Waals surface area (Å²) in [6.45, 7) is 2.39. The molecule has 132 valence electrons. The lowest BCUT2D eigenvalue weighted by atomic mass is 10.1. The summed E-state index contributed by atoms with van der Waals surface area (Å²) in [7, 11) is -3.07. The number of hydrogen-bond donors (Lipinski definition) is 2. The molecule has 1 aliphatic rings. The van der Waals surface area contributed by atoms with Crippen molar-refractivity contribution in [1.82, 2.24) is 10.6 Å². The molecule has 1 saturated carbocycles. The quantitative estimate of drug-likeness (QED) is 0.349. The normalized spacial score (nSPS) is 17.6. The van der Waals surface area contributed by atoms with E-state index in [1.54, 1.807) is 0 Å². The Morgan fingerprint density at radius 3 is 2.27 bits per heavy atom. The van der Waals surface area contributed by atoms with Crippen molar-refractivity contribution in [2.75, 3.05) is 31.6 Å². The molecule has 0 aromatic rings. The van der Waals surface area contributed by atoms with Gasteiger partial charge in [-0.15, -0.1) is 24.0 Å². The van der Waals surface area contributed by atoms with Crippen LogP contribution in [0.25, 0.3) is 0 Å². The van der Waals surface area contributed by atoms with Gasteiger partial charge >= 0.3 is 6.18 Å². The average molecular weight is 457 g/mol. The Kier molecular flexibility index (Phi) is 8.45. The van der Waals surface area contributed by atoms with E-state index in [9.17, 15) is 21.6 Å². The molecule has 5 nitrogen and oxygen atoms in total. The molecule has 0 amide bonds. The summed E-state index contributed by atoms with van der Waals surface area (Å²) in [4.78, 5) is 4.21. The van der Waals surface area contributed by atoms with Crippen molar-refractivity contribution < 1.29 is 21.6 Å². The summed E-state index contributed by atoms with van der Waals surface area (Å²) in [6, 6.07) is 0. The summed E-state index contributed by atoms with van der Waals surface area (Å²) >= 11 is 0. The first-order valence-corrected chi connectivity index (χ1v) is 8.88. The van der Waals surface area contributed by atoms with Gasteiger partial charge in [-0.25, -0.2) is 8.42 Å². The number of aliphatic imine (C=N–C) groups is 1. The Balaban J connectivity index is 0.00000441. The third-order valence-electron chi connectivity index (χ3n) is 3.14. The number of hydrogen-bond acceptors (Lipinski definition) is 3. The highest BCUT2D eigenvalue weighted by atomic mass is 127. The van der Waals surface area contributed by atoms with E-state index in [1.165, 1.54) is 6.26 Å². The Hall–Kier alpha value is -0.260. The van der Waals surface area contributed by atoms with Crippen molar-refractivity contribution in [2.24, 2.45) is 10.4 Å². The van der Waals surface area contributed by atoms with Crippen LogP contribution in [0.3, 0.4) is 0 Å². The second kappa shape index (κ2) is 8.55. The maximum absolute atomic E-state index is 12.1. The van der Waals surface area contributed by atoms with Crippen molar-refractivity contribution in [3.8, 4) is 0 Å². The van der Waals surface area contributed by atoms with Crippen molar-refractivity contribution >= 4 is 39.8 Å². The van der Waals surface area contributed by atoms with Gasteiger partial charge in [0.1, 0.15) is 9.84 Å². The molecule has 1 fully saturated rings. The molecule has 0 atom stereocenters. The van der Waals surface area contributed by atoms with Gasteiger partial charge in [-0.2, -0.15) is 13.2 Å². The van der Waals surface area contributed by atoms with Crippen molar-refractivity contribution in [3.05, 3.63) is 0 Å². The zero-order valence-corrected chi connectivity index (χ0v) is 15.8. The van der Waals surface area contributed by atoms with E-state index in [0.717, 1.165) is 12.8 Å². The topological polar surface area (TPSA) is 70.6 Å². The Morgan fingerprint density at radius 1 is 1.27 bits per heavy atom. The first-order chi connectivity index (χ1) is 9.55. The summed E-state index contributed by atoms with van der Waals surface area (Å²) < 4.78 is 59.0. The first-order valence-electron chi connectivity index (χ1n) is 6.82. The van der Waals surface area contributed by atoms with Gasteiger partial charge in [0.25, 0.3) is 0 Å². The summed E-state index contributed by atoms with van der Waals surface area (Å²) in [5.41, 5.74) is -0.333. The van der Waals surface area contributed by atoms with Gasteiger partial charge in [-0.05, 0) is 19.8 Å². The molecule has 0 aromatic heterocycles. The van der Waals surface area contributed by atoms with Crippen LogP contribution in [0, 0.1) is 5.41 Å². The lowest BCUT2D eigenvalue weighted by molar-refractivity contribution is -0.132. The molecule has 2 N–H and O–H groups in total. The van der Waals surface area contributed by atoms with Gasteiger partial charge < -0.3 is 10.6 Å². The molecule has 1 aliphatic carbocycles. The molecule has 0 bridgehead atoms. The van der Waals surface area contributed by atoms with Crippen LogP contribution < -0.4 is 10.6 Å². The average Bonchev–Trinajstić information content (AvgIpc) is 3.02. The molecular formula is C12H23F3IN3O2S. The molecule has 0 aliphatic heterocycles. The van der Waals surface area contributed by atoms with E-state index in [1.807, 2.05) is 6.92 Å². The molecule has 10 heteroatoms. The van der Waals surface area contributed by atoms with E-state index < -0.39 is 22.4 Å². The summed E-state index contributed by atoms with van der Waals surface area (Å²) in [5.74, 6) is 0.368. The third-order valence-corrected chi connectivity index (χ3v) is 4.28. The van der Waals surface area contributed by atoms with E-state index in [-0.39, 0.29) is 41.7 Å². The van der Waals surface area contributed by atoms with E-state index in [2.05, 4.69) is 15.6 Å². The van der Waals surface area contributed by atoms with Crippen LogP contribution in [-0.2, 0) is 9.84 Å². The zero-order valence-electron chi connectivity index (χ0n) is 12.7. The van der Waals surface area contributed by atoms with Crippen LogP contribution in [0.15, 0.2) is 4.99 Å². The lowest BCUT2D eigenvalue weighted by Gasteiger charge is -2.15. The minimum absolute atomic E-state index is 0. The number of halogens is 4. The first kappa shape index (κ1) is 21.7. The minimum atomic E-state index is -4.21. The fraction of sp³-hybridized carbons (Fsp3) is 0.917. The smallest absolute Gasteiger partial charge is 0.357 e. The molecule has 0 aromatic carbocycles. The van der Waals surface area contributed by atoms with E-state index >= 15 is 0 Å². The standard InChI is InChI=1S/C12H22F3N3O2S.HI/c1-3-16-10(17-7-6-12(13,14)15)18-8-11(4-5-11)9-21(2,19)20;/h3-9H2,1-2H3,(H2,16,17,18);1H. The zero-order chi connectivity index (χ0) is 16.1. The monoisotopic (exact) mass is 457 g/mol. The highest BCUT2D eigenvalue weighted by molar-refractivity contribution is 14.0. The molecule has 22 heavy (non-hydrogen) atoms. The van der Waals surface area contributed by atoms with Crippen LogP contribution in [-0.4, -0.2) is 52.2 Å². The Labute approximate surface area is 146 Å². The fourth-order valence-corrected chi connectivity index (χ4v) is 3.48. The maximum atomic E-state index is 12.1. The van der Waals surface area contributed by atoms with Gasteiger partial charge in [-0.3, -0.25) is 4.99 Å². The largest absolute Gasteiger partial charge is 0.390 e. The summed E-state index contributed by atoms with van der Waals surface area (Å²) in [5, 5.41) is 5.46. The predicted octanol–water partition coefficient (Wildman–Crippen LogP) is 1.94. The van der Waals surface area contributed by atoms with E-state index in [4.69, 9.17) is 0 Å². The second-order valence-electron chi connectivity index (χ2n) is 5.56. The highest BCUT2D eigenvalue weighted by Crippen LogP contribution is 2.46. The molecule has 0 heterocycles. The molecule has 0 spiro atoms. The van der Waals surface area contributed by atoms with Gasteiger partial charge in [0.15, 0.2) is 5.96 Å². The lowest BCUT2D eigenvalue weighted by Crippen LogP contribution is -2.39. The third kappa shape index (κ3) is 9.70. The second-order valence-corrected chi connectivity index (χ2v) is 7.70. The maximum Gasteiger partial charge on any atom is 0.390 e. The Morgan fingerprint density at radius 2 is 1.86 bits per heavy atom. The molecule has 1 rings (SSSR count). The van der Waals surface area contributed by atoms with Crippen LogP contribution in [0.2, 0.25) is 0 Å². The van der Waals surface area contributed by atoms with Crippen LogP contribution in [0.4, 0.5) is 13.2 Å². The van der Waals surface area contributed by atoms with Crippen molar-refractivity contribution in [3.63, 3.8) is 0 Å². The predicted molar refractivity (Wildman–Crippen MR) is 91.4 cm³/mol. The fourth-order valence-electron chi connectivity index (χ4n) is 1.99. The number of alkyl halides is 3. The molecule has 0 radical (unpaired) electrons. The van der Waals surface area contributed by atoms with Crippen LogP contribution in [0.1, 0.15) is 26.2 Å². The molecular weight excluding hydrogens is 434 g/mol. The number of nitrogens with one attached hydrogen (secondary N) is 2. The van der Waals surface area contributed by atoms with Crippen molar-refractivity contribution in [1.29, 1.82) is 0 Å². The minimum Gasteiger partial charge on any atom is -0.357 e. The van der Waals surface area contributed by atoms with Gasteiger partial charge in [0, 0.05) is 31.3 Å². The highest BCUT2D eigenvalue weighted by Gasteiger charge is 2.45. The van der Waals surface area contributed by atoms with Gasteiger partial charge in [0.05, 0.1) is 12.2 Å². The Bertz CT molecular complexity index is 476. The number of sulfone groups is 1. The molecule has 0 unspecified atom stereocenters. The van der Waals surface area contributed by atoms with Crippen molar-refractivity contribution in [2.45, 2.75) is 32.4 Å². The van der Waals surface area contributed by atoms with Gasteiger partial charge in [-0.1, -0.05) is 0 Å². The summed E-state index contributed by atoms with van der Waals surface area (Å²) in [6.07, 6.45) is -2.40. The van der Waals surface area contributed by atoms with Crippen LogP contribution in [0.5, 0.6) is 0 Å². The van der Waals surface area contributed by atoms with E-state index in [0.29, 0.717) is 19.0 Å². The number of guanidine groups is 1. The van der Waals surface area contributed by atoms with Gasteiger partial charge in [0.2, 0.25) is 0 Å². The van der Waals surface area contributed by atoms with Crippen LogP contribution >= 0.6 is 24.0 Å².